The van der Waals surface area contributed by atoms with Gasteiger partial charge in [-0.2, -0.15) is 4.98 Å². The molecule has 1 fully saturated rings. The van der Waals surface area contributed by atoms with Crippen LogP contribution in [0.25, 0.3) is 33.6 Å². The molecule has 1 saturated heterocycles. The molecule has 0 unspecified atom stereocenters. The Morgan fingerprint density at radius 2 is 1.90 bits per heavy atom. The summed E-state index contributed by atoms with van der Waals surface area (Å²) in [6, 6.07) is 9.24. The number of rotatable bonds is 8. The van der Waals surface area contributed by atoms with Gasteiger partial charge in [0.05, 0.1) is 25.4 Å². The third-order valence-electron chi connectivity index (χ3n) is 8.16. The Bertz CT molecular complexity index is 1620. The molecule has 11 nitrogen and oxygen atoms in total. The Morgan fingerprint density at radius 1 is 1.12 bits per heavy atom. The standard InChI is InChI=1S/C30H38N6O5/c1-7-30(3,4)36-25-21(32-27(36)22-15-18-11-12-24(41-6)33-26(18)35(22)8-2)14-19(16-23(25)40-5)28(37)34-13-9-10-20(17-34)31-29(38)39/h11-12,14-16,20,31H,7-10,13,17H2,1-6H3,(H,38,39)/t20-/m1/s1. The van der Waals surface area contributed by atoms with Gasteiger partial charge in [-0.1, -0.05) is 6.92 Å². The Labute approximate surface area is 239 Å². The summed E-state index contributed by atoms with van der Waals surface area (Å²) in [7, 11) is 3.21. The van der Waals surface area contributed by atoms with Gasteiger partial charge in [-0.3, -0.25) is 4.79 Å². The first-order valence-electron chi connectivity index (χ1n) is 14.1. The van der Waals surface area contributed by atoms with E-state index in [1.165, 1.54) is 0 Å². The molecule has 5 rings (SSSR count). The SMILES string of the molecule is CCn1c(-c2nc3cc(C(=O)N4CCC[C@@H](NC(=O)O)C4)cc(OC)c3n2C(C)(C)CC)cc2ccc(OC)nc21. The van der Waals surface area contributed by atoms with E-state index >= 15 is 0 Å². The number of nitrogens with one attached hydrogen (secondary N) is 1. The van der Waals surface area contributed by atoms with Crippen LogP contribution in [0.5, 0.6) is 11.6 Å². The van der Waals surface area contributed by atoms with Gasteiger partial charge in [-0.05, 0) is 64.3 Å². The summed E-state index contributed by atoms with van der Waals surface area (Å²) in [5.74, 6) is 1.69. The molecule has 41 heavy (non-hydrogen) atoms. The lowest BCUT2D eigenvalue weighted by atomic mass is 10.00. The minimum absolute atomic E-state index is 0.174. The zero-order valence-corrected chi connectivity index (χ0v) is 24.5. The minimum atomic E-state index is -1.08. The van der Waals surface area contributed by atoms with Gasteiger partial charge in [0.15, 0.2) is 5.82 Å². The number of methoxy groups -OCH3 is 2. The first-order chi connectivity index (χ1) is 19.6. The van der Waals surface area contributed by atoms with E-state index in [1.54, 1.807) is 25.2 Å². The summed E-state index contributed by atoms with van der Waals surface area (Å²) < 4.78 is 15.6. The predicted octanol–water partition coefficient (Wildman–Crippen LogP) is 5.11. The Kier molecular flexibility index (Phi) is 7.54. The highest BCUT2D eigenvalue weighted by atomic mass is 16.5. The lowest BCUT2D eigenvalue weighted by molar-refractivity contribution is 0.0692. The van der Waals surface area contributed by atoms with Gasteiger partial charge in [0.1, 0.15) is 16.9 Å². The fraction of sp³-hybridized carbons (Fsp3) is 0.467. The average Bonchev–Trinajstić information content (AvgIpc) is 3.54. The maximum Gasteiger partial charge on any atom is 0.404 e. The van der Waals surface area contributed by atoms with Crippen LogP contribution >= 0.6 is 0 Å². The van der Waals surface area contributed by atoms with Crippen LogP contribution in [0.4, 0.5) is 4.79 Å². The van der Waals surface area contributed by atoms with Crippen molar-refractivity contribution in [3.8, 4) is 23.1 Å². The van der Waals surface area contributed by atoms with E-state index in [0.717, 1.165) is 40.9 Å². The molecule has 1 atom stereocenters. The summed E-state index contributed by atoms with van der Waals surface area (Å²) in [5.41, 5.74) is 3.32. The molecule has 0 spiro atoms. The van der Waals surface area contributed by atoms with Gasteiger partial charge < -0.3 is 33.9 Å². The Balaban J connectivity index is 1.68. The van der Waals surface area contributed by atoms with Crippen molar-refractivity contribution in [2.24, 2.45) is 0 Å². The third-order valence-corrected chi connectivity index (χ3v) is 8.16. The molecule has 0 saturated carbocycles. The number of amides is 2. The Morgan fingerprint density at radius 3 is 2.56 bits per heavy atom. The third kappa shape index (κ3) is 5.05. The number of aromatic nitrogens is 4. The molecule has 2 N–H and O–H groups in total. The van der Waals surface area contributed by atoms with E-state index in [-0.39, 0.29) is 17.5 Å². The second kappa shape index (κ2) is 10.9. The maximum atomic E-state index is 13.7. The molecule has 0 radical (unpaired) electrons. The molecule has 1 aliphatic rings. The number of carbonyl (C=O) groups excluding carboxylic acids is 1. The van der Waals surface area contributed by atoms with Crippen LogP contribution in [0.1, 0.15) is 57.3 Å². The number of pyridine rings is 1. The van der Waals surface area contributed by atoms with Crippen LogP contribution < -0.4 is 14.8 Å². The summed E-state index contributed by atoms with van der Waals surface area (Å²) >= 11 is 0. The number of benzene rings is 1. The smallest absolute Gasteiger partial charge is 0.404 e. The molecule has 3 aromatic heterocycles. The number of piperidine rings is 1. The Hall–Kier alpha value is -4.28. The second-order valence-corrected chi connectivity index (χ2v) is 11.1. The number of carbonyl (C=O) groups is 2. The normalized spacial score (nSPS) is 15.9. The van der Waals surface area contributed by atoms with E-state index in [0.29, 0.717) is 48.8 Å². The maximum absolute atomic E-state index is 13.7. The summed E-state index contributed by atoms with van der Waals surface area (Å²) in [5, 5.41) is 12.7. The number of carboxylic acid groups (broad SMARTS) is 1. The lowest BCUT2D eigenvalue weighted by Crippen LogP contribution is -2.49. The van der Waals surface area contributed by atoms with Gasteiger partial charge in [0, 0.05) is 48.2 Å². The second-order valence-electron chi connectivity index (χ2n) is 11.1. The van der Waals surface area contributed by atoms with Crippen LogP contribution in [0.15, 0.2) is 30.3 Å². The number of aryl methyl sites for hydroxylation is 1. The first kappa shape index (κ1) is 28.3. The highest BCUT2D eigenvalue weighted by Gasteiger charge is 2.31. The number of hydrogen-bond donors (Lipinski definition) is 2. The van der Waals surface area contributed by atoms with E-state index < -0.39 is 6.09 Å². The van der Waals surface area contributed by atoms with Crippen LogP contribution in [-0.4, -0.2) is 74.5 Å². The van der Waals surface area contributed by atoms with Crippen LogP contribution in [0.3, 0.4) is 0 Å². The van der Waals surface area contributed by atoms with Crippen molar-refractivity contribution < 1.29 is 24.2 Å². The van der Waals surface area contributed by atoms with Crippen molar-refractivity contribution in [3.05, 3.63) is 35.9 Å². The summed E-state index contributed by atoms with van der Waals surface area (Å²) in [6.45, 7) is 10.1. The first-order valence-corrected chi connectivity index (χ1v) is 14.1. The van der Waals surface area contributed by atoms with Gasteiger partial charge in [-0.25, -0.2) is 9.78 Å². The van der Waals surface area contributed by atoms with Crippen molar-refractivity contribution in [2.75, 3.05) is 27.3 Å². The van der Waals surface area contributed by atoms with Crippen molar-refractivity contribution >= 4 is 34.1 Å². The molecule has 2 amide bonds. The number of imidazole rings is 1. The van der Waals surface area contributed by atoms with Crippen LogP contribution in [0.2, 0.25) is 0 Å². The molecule has 218 valence electrons. The van der Waals surface area contributed by atoms with Crippen molar-refractivity contribution in [3.63, 3.8) is 0 Å². The fourth-order valence-corrected chi connectivity index (χ4v) is 5.74. The van der Waals surface area contributed by atoms with Crippen molar-refractivity contribution in [2.45, 2.75) is 65.1 Å². The topological polar surface area (TPSA) is 124 Å². The number of likely N-dealkylation sites (tertiary alicyclic amines) is 1. The minimum Gasteiger partial charge on any atom is -0.494 e. The zero-order valence-electron chi connectivity index (χ0n) is 24.5. The van der Waals surface area contributed by atoms with Crippen molar-refractivity contribution in [1.29, 1.82) is 0 Å². The van der Waals surface area contributed by atoms with Gasteiger partial charge in [0.25, 0.3) is 5.91 Å². The van der Waals surface area contributed by atoms with Crippen molar-refractivity contribution in [1.82, 2.24) is 29.3 Å². The number of hydrogen-bond acceptors (Lipinski definition) is 6. The molecule has 4 heterocycles. The molecule has 4 aromatic rings. The van der Waals surface area contributed by atoms with E-state index in [4.69, 9.17) is 24.5 Å². The fourth-order valence-electron chi connectivity index (χ4n) is 5.74. The van der Waals surface area contributed by atoms with Gasteiger partial charge in [-0.15, -0.1) is 0 Å². The predicted molar refractivity (Wildman–Crippen MR) is 157 cm³/mol. The number of ether oxygens (including phenoxy) is 2. The molecule has 1 aliphatic heterocycles. The highest BCUT2D eigenvalue weighted by molar-refractivity contribution is 6.00. The number of nitrogens with zero attached hydrogens (tertiary/aromatic N) is 5. The quantitative estimate of drug-likeness (QED) is 0.306. The summed E-state index contributed by atoms with van der Waals surface area (Å²) in [6.07, 6.45) is 1.17. The van der Waals surface area contributed by atoms with Crippen LogP contribution in [-0.2, 0) is 12.1 Å². The monoisotopic (exact) mass is 562 g/mol. The zero-order chi connectivity index (χ0) is 29.5. The molecule has 0 bridgehead atoms. The highest BCUT2D eigenvalue weighted by Crippen LogP contribution is 2.40. The molecular weight excluding hydrogens is 524 g/mol. The van der Waals surface area contributed by atoms with Crippen LogP contribution in [0, 0.1) is 0 Å². The van der Waals surface area contributed by atoms with E-state index in [1.807, 2.05) is 18.2 Å². The van der Waals surface area contributed by atoms with Gasteiger partial charge in [0.2, 0.25) is 5.88 Å². The average molecular weight is 563 g/mol. The molecule has 1 aromatic carbocycles. The molecule has 0 aliphatic carbocycles. The molecular formula is C30H38N6O5. The molecule has 11 heteroatoms. The largest absolute Gasteiger partial charge is 0.494 e. The van der Waals surface area contributed by atoms with Gasteiger partial charge >= 0.3 is 6.09 Å². The van der Waals surface area contributed by atoms with E-state index in [2.05, 4.69) is 48.2 Å². The summed E-state index contributed by atoms with van der Waals surface area (Å²) in [4.78, 5) is 36.4. The lowest BCUT2D eigenvalue weighted by Gasteiger charge is -2.32. The number of fused-ring (bicyclic) bond motifs is 2. The van der Waals surface area contributed by atoms with E-state index in [9.17, 15) is 9.59 Å².